The third-order valence-corrected chi connectivity index (χ3v) is 6.21. The van der Waals surface area contributed by atoms with Gasteiger partial charge < -0.3 is 15.1 Å². The second kappa shape index (κ2) is 8.15. The molecule has 4 rings (SSSR count). The monoisotopic (exact) mass is 376 g/mol. The largest absolute Gasteiger partial charge is 0.368 e. The molecule has 1 N–H and O–H groups in total. The molecule has 1 aromatic carbocycles. The van der Waals surface area contributed by atoms with E-state index in [2.05, 4.69) is 26.1 Å². The van der Waals surface area contributed by atoms with Crippen molar-refractivity contribution in [2.75, 3.05) is 50.7 Å². The van der Waals surface area contributed by atoms with E-state index in [1.165, 1.54) is 12.8 Å². The van der Waals surface area contributed by atoms with Crippen LogP contribution in [0.15, 0.2) is 24.3 Å². The fourth-order valence-corrected chi connectivity index (χ4v) is 4.44. The average molecular weight is 377 g/mol. The van der Waals surface area contributed by atoms with Gasteiger partial charge >= 0.3 is 0 Å². The lowest BCUT2D eigenvalue weighted by Gasteiger charge is -2.37. The van der Waals surface area contributed by atoms with E-state index in [9.17, 15) is 4.79 Å². The molecule has 2 aliphatic heterocycles. The van der Waals surface area contributed by atoms with Crippen LogP contribution in [0.5, 0.6) is 0 Å². The molecule has 5 nitrogen and oxygen atoms in total. The molecule has 6 heteroatoms. The number of amides is 1. The lowest BCUT2D eigenvalue weighted by Crippen LogP contribution is -2.52. The van der Waals surface area contributed by atoms with Gasteiger partial charge in [-0.2, -0.15) is 0 Å². The molecule has 1 aromatic rings. The molecule has 0 atom stereocenters. The Hall–Kier alpha value is -1.30. The maximum absolute atomic E-state index is 12.4. The Bertz CT molecular complexity index is 620. The van der Waals surface area contributed by atoms with E-state index in [0.717, 1.165) is 68.9 Å². The van der Waals surface area contributed by atoms with Gasteiger partial charge in [0.05, 0.1) is 17.3 Å². The Kier molecular flexibility index (Phi) is 5.67. The highest BCUT2D eigenvalue weighted by atomic mass is 35.5. The van der Waals surface area contributed by atoms with Gasteiger partial charge in [0.1, 0.15) is 0 Å². The number of piperidine rings is 1. The number of carbonyl (C=O) groups is 1. The number of piperazine rings is 1. The Morgan fingerprint density at radius 3 is 2.35 bits per heavy atom. The van der Waals surface area contributed by atoms with Crippen LogP contribution < -0.4 is 10.2 Å². The van der Waals surface area contributed by atoms with Gasteiger partial charge in [0.15, 0.2) is 0 Å². The van der Waals surface area contributed by atoms with Crippen molar-refractivity contribution < 1.29 is 4.79 Å². The number of hydrogen-bond donors (Lipinski definition) is 1. The number of anilines is 1. The molecule has 2 heterocycles. The van der Waals surface area contributed by atoms with Crippen molar-refractivity contribution in [3.05, 3.63) is 29.3 Å². The summed E-state index contributed by atoms with van der Waals surface area (Å²) in [5, 5.41) is 4.06. The summed E-state index contributed by atoms with van der Waals surface area (Å²) in [5.74, 6) is 0.182. The summed E-state index contributed by atoms with van der Waals surface area (Å²) in [5.41, 5.74) is 1.10. The zero-order valence-corrected chi connectivity index (χ0v) is 16.1. The summed E-state index contributed by atoms with van der Waals surface area (Å²) >= 11 is 6.30. The number of nitrogens with one attached hydrogen (secondary N) is 1. The van der Waals surface area contributed by atoms with Crippen LogP contribution in [-0.2, 0) is 4.79 Å². The van der Waals surface area contributed by atoms with Crippen LogP contribution in [0.1, 0.15) is 25.7 Å². The first kappa shape index (κ1) is 18.1. The maximum Gasteiger partial charge on any atom is 0.234 e. The standard InChI is InChI=1S/C20H29ClN4O/c21-18-3-1-2-4-19(18)25-13-11-23(12-14-25)15-20(26)22-16-7-9-24(10-8-16)17-5-6-17/h1-4,16-17H,5-15H2,(H,22,26). The minimum Gasteiger partial charge on any atom is -0.368 e. The van der Waals surface area contributed by atoms with Crippen LogP contribution in [0.25, 0.3) is 0 Å². The Balaban J connectivity index is 1.18. The molecule has 0 spiro atoms. The zero-order chi connectivity index (χ0) is 17.9. The second-order valence-electron chi connectivity index (χ2n) is 7.82. The third-order valence-electron chi connectivity index (χ3n) is 5.89. The molecule has 0 unspecified atom stereocenters. The number of nitrogens with zero attached hydrogens (tertiary/aromatic N) is 3. The van der Waals surface area contributed by atoms with Gasteiger partial charge in [-0.3, -0.25) is 9.69 Å². The van der Waals surface area contributed by atoms with Gasteiger partial charge in [-0.1, -0.05) is 23.7 Å². The van der Waals surface area contributed by atoms with Crippen LogP contribution in [0.4, 0.5) is 5.69 Å². The number of carbonyl (C=O) groups excluding carboxylic acids is 1. The Labute approximate surface area is 161 Å². The highest BCUT2D eigenvalue weighted by Crippen LogP contribution is 2.29. The molecule has 3 fully saturated rings. The van der Waals surface area contributed by atoms with E-state index in [0.29, 0.717) is 12.6 Å². The van der Waals surface area contributed by atoms with Gasteiger partial charge in [-0.15, -0.1) is 0 Å². The molecule has 0 bridgehead atoms. The summed E-state index contributed by atoms with van der Waals surface area (Å²) < 4.78 is 0. The predicted octanol–water partition coefficient (Wildman–Crippen LogP) is 2.21. The second-order valence-corrected chi connectivity index (χ2v) is 8.23. The minimum atomic E-state index is 0.182. The summed E-state index contributed by atoms with van der Waals surface area (Å²) in [6.07, 6.45) is 4.94. The number of rotatable bonds is 5. The first-order chi connectivity index (χ1) is 12.7. The van der Waals surface area contributed by atoms with Crippen molar-refractivity contribution in [3.63, 3.8) is 0 Å². The fourth-order valence-electron chi connectivity index (χ4n) is 4.18. The molecule has 1 aliphatic carbocycles. The third kappa shape index (κ3) is 4.51. The molecular formula is C20H29ClN4O. The quantitative estimate of drug-likeness (QED) is 0.855. The van der Waals surface area contributed by atoms with Gasteiger partial charge in [0.2, 0.25) is 5.91 Å². The zero-order valence-electron chi connectivity index (χ0n) is 15.4. The van der Waals surface area contributed by atoms with Gasteiger partial charge in [0, 0.05) is 51.4 Å². The van der Waals surface area contributed by atoms with E-state index in [4.69, 9.17) is 11.6 Å². The molecular weight excluding hydrogens is 348 g/mol. The van der Waals surface area contributed by atoms with Crippen LogP contribution in [-0.4, -0.2) is 73.6 Å². The SMILES string of the molecule is O=C(CN1CCN(c2ccccc2Cl)CC1)NC1CCN(C2CC2)CC1. The first-order valence-corrected chi connectivity index (χ1v) is 10.3. The molecule has 142 valence electrons. The van der Waals surface area contributed by atoms with Gasteiger partial charge in [-0.05, 0) is 37.8 Å². The first-order valence-electron chi connectivity index (χ1n) is 9.94. The minimum absolute atomic E-state index is 0.182. The van der Waals surface area contributed by atoms with Crippen molar-refractivity contribution in [3.8, 4) is 0 Å². The van der Waals surface area contributed by atoms with Crippen LogP contribution in [0.3, 0.4) is 0 Å². The summed E-state index contributed by atoms with van der Waals surface area (Å²) in [6, 6.07) is 9.20. The number of para-hydroxylation sites is 1. The highest BCUT2D eigenvalue weighted by Gasteiger charge is 2.32. The van der Waals surface area contributed by atoms with Gasteiger partial charge in [-0.25, -0.2) is 0 Å². The highest BCUT2D eigenvalue weighted by molar-refractivity contribution is 6.33. The number of benzene rings is 1. The molecule has 2 saturated heterocycles. The molecule has 26 heavy (non-hydrogen) atoms. The van der Waals surface area contributed by atoms with Crippen molar-refractivity contribution in [1.29, 1.82) is 0 Å². The Morgan fingerprint density at radius 1 is 1.00 bits per heavy atom. The van der Waals surface area contributed by atoms with Crippen molar-refractivity contribution in [2.45, 2.75) is 37.8 Å². The van der Waals surface area contributed by atoms with E-state index >= 15 is 0 Å². The van der Waals surface area contributed by atoms with Crippen LogP contribution >= 0.6 is 11.6 Å². The average Bonchev–Trinajstić information content (AvgIpc) is 3.49. The van der Waals surface area contributed by atoms with Crippen molar-refractivity contribution in [1.82, 2.24) is 15.1 Å². The molecule has 0 aromatic heterocycles. The van der Waals surface area contributed by atoms with E-state index < -0.39 is 0 Å². The number of halogens is 1. The van der Waals surface area contributed by atoms with Crippen LogP contribution in [0, 0.1) is 0 Å². The molecule has 0 radical (unpaired) electrons. The predicted molar refractivity (Wildman–Crippen MR) is 106 cm³/mol. The Morgan fingerprint density at radius 2 is 1.69 bits per heavy atom. The molecule has 1 saturated carbocycles. The summed E-state index contributed by atoms with van der Waals surface area (Å²) in [6.45, 7) is 6.43. The summed E-state index contributed by atoms with van der Waals surface area (Å²) in [7, 11) is 0. The topological polar surface area (TPSA) is 38.8 Å². The number of hydrogen-bond acceptors (Lipinski definition) is 4. The summed E-state index contributed by atoms with van der Waals surface area (Å²) in [4.78, 5) is 19.6. The van der Waals surface area contributed by atoms with Crippen molar-refractivity contribution in [2.24, 2.45) is 0 Å². The van der Waals surface area contributed by atoms with Crippen molar-refractivity contribution >= 4 is 23.2 Å². The molecule has 3 aliphatic rings. The lowest BCUT2D eigenvalue weighted by atomic mass is 10.0. The maximum atomic E-state index is 12.4. The lowest BCUT2D eigenvalue weighted by molar-refractivity contribution is -0.123. The van der Waals surface area contributed by atoms with E-state index in [1.807, 2.05) is 18.2 Å². The van der Waals surface area contributed by atoms with Gasteiger partial charge in [0.25, 0.3) is 0 Å². The normalized spacial score (nSPS) is 23.2. The van der Waals surface area contributed by atoms with Crippen LogP contribution in [0.2, 0.25) is 5.02 Å². The fraction of sp³-hybridized carbons (Fsp3) is 0.650. The van der Waals surface area contributed by atoms with E-state index in [-0.39, 0.29) is 5.91 Å². The molecule has 1 amide bonds. The smallest absolute Gasteiger partial charge is 0.234 e. The number of likely N-dealkylation sites (tertiary alicyclic amines) is 1. The van der Waals surface area contributed by atoms with E-state index in [1.54, 1.807) is 0 Å².